The zero-order valence-corrected chi connectivity index (χ0v) is 11.3. The van der Waals surface area contributed by atoms with Crippen LogP contribution in [0.5, 0.6) is 0 Å². The van der Waals surface area contributed by atoms with Crippen LogP contribution in [-0.2, 0) is 6.42 Å². The number of benzene rings is 1. The number of unbranched alkanes of at least 4 members (excludes halogenated alkanes) is 3. The van der Waals surface area contributed by atoms with Gasteiger partial charge in [0.1, 0.15) is 0 Å². The van der Waals surface area contributed by atoms with E-state index in [9.17, 15) is 0 Å². The standard InChI is InChI=1S/C14H18BrN/c1-2-3-4-5-9-13-11-12-8-6-7-10-14(12)16(13)15/h6-8,10-11H,2-5,9H2,1H3. The molecular formula is C14H18BrN. The Bertz CT molecular complexity index is 459. The van der Waals surface area contributed by atoms with Gasteiger partial charge in [-0.1, -0.05) is 44.4 Å². The van der Waals surface area contributed by atoms with Crippen LogP contribution in [0.4, 0.5) is 0 Å². The summed E-state index contributed by atoms with van der Waals surface area (Å²) in [7, 11) is 0. The van der Waals surface area contributed by atoms with E-state index in [-0.39, 0.29) is 0 Å². The third kappa shape index (κ3) is 2.49. The van der Waals surface area contributed by atoms with E-state index in [0.29, 0.717) is 0 Å². The highest BCUT2D eigenvalue weighted by molar-refractivity contribution is 9.08. The van der Waals surface area contributed by atoms with Crippen LogP contribution in [0.3, 0.4) is 0 Å². The molecule has 2 heteroatoms. The maximum atomic E-state index is 3.64. The van der Waals surface area contributed by atoms with Crippen molar-refractivity contribution in [1.82, 2.24) is 3.59 Å². The summed E-state index contributed by atoms with van der Waals surface area (Å²) in [5.41, 5.74) is 2.66. The lowest BCUT2D eigenvalue weighted by Crippen LogP contribution is -1.90. The van der Waals surface area contributed by atoms with Gasteiger partial charge in [0.2, 0.25) is 0 Å². The molecule has 0 spiro atoms. The molecular weight excluding hydrogens is 262 g/mol. The van der Waals surface area contributed by atoms with Crippen LogP contribution in [0, 0.1) is 0 Å². The molecule has 1 aromatic heterocycles. The summed E-state index contributed by atoms with van der Waals surface area (Å²) in [5, 5.41) is 1.32. The molecule has 2 rings (SSSR count). The molecule has 1 aromatic carbocycles. The molecule has 16 heavy (non-hydrogen) atoms. The number of aryl methyl sites for hydroxylation is 1. The average Bonchev–Trinajstić information content (AvgIpc) is 2.63. The Balaban J connectivity index is 2.09. The van der Waals surface area contributed by atoms with Crippen LogP contribution in [0.2, 0.25) is 0 Å². The second-order valence-electron chi connectivity index (χ2n) is 4.29. The number of para-hydroxylation sites is 1. The molecule has 0 amide bonds. The monoisotopic (exact) mass is 279 g/mol. The summed E-state index contributed by atoms with van der Waals surface area (Å²) in [6.45, 7) is 2.25. The molecule has 0 N–H and O–H groups in total. The topological polar surface area (TPSA) is 4.93 Å². The summed E-state index contributed by atoms with van der Waals surface area (Å²) in [6, 6.07) is 10.8. The quantitative estimate of drug-likeness (QED) is 0.685. The van der Waals surface area contributed by atoms with E-state index in [1.165, 1.54) is 48.7 Å². The summed E-state index contributed by atoms with van der Waals surface area (Å²) in [5.74, 6) is 0. The number of nitrogens with zero attached hydrogens (tertiary/aromatic N) is 1. The summed E-state index contributed by atoms with van der Waals surface area (Å²) >= 11 is 3.64. The minimum Gasteiger partial charge on any atom is -0.281 e. The molecule has 0 saturated heterocycles. The van der Waals surface area contributed by atoms with Crippen molar-refractivity contribution in [1.29, 1.82) is 0 Å². The molecule has 0 bridgehead atoms. The Labute approximate surface area is 106 Å². The summed E-state index contributed by atoms with van der Waals surface area (Å²) in [6.07, 6.45) is 6.44. The van der Waals surface area contributed by atoms with Crippen molar-refractivity contribution in [2.45, 2.75) is 39.0 Å². The number of hydrogen-bond donors (Lipinski definition) is 0. The van der Waals surface area contributed by atoms with Gasteiger partial charge >= 0.3 is 0 Å². The van der Waals surface area contributed by atoms with E-state index in [1.54, 1.807) is 0 Å². The van der Waals surface area contributed by atoms with Crippen molar-refractivity contribution < 1.29 is 0 Å². The first-order chi connectivity index (χ1) is 7.83. The predicted octanol–water partition coefficient (Wildman–Crippen LogP) is 4.92. The van der Waals surface area contributed by atoms with Gasteiger partial charge in [-0.05, 0) is 25.0 Å². The van der Waals surface area contributed by atoms with Crippen molar-refractivity contribution in [2.75, 3.05) is 0 Å². The molecule has 1 nitrogen and oxygen atoms in total. The molecule has 0 aliphatic carbocycles. The number of rotatable bonds is 5. The average molecular weight is 280 g/mol. The van der Waals surface area contributed by atoms with Gasteiger partial charge in [0.05, 0.1) is 21.7 Å². The van der Waals surface area contributed by atoms with Crippen molar-refractivity contribution >= 4 is 27.1 Å². The van der Waals surface area contributed by atoms with Crippen LogP contribution in [-0.4, -0.2) is 3.59 Å². The first-order valence-corrected chi connectivity index (χ1v) is 6.79. The zero-order chi connectivity index (χ0) is 11.4. The third-order valence-electron chi connectivity index (χ3n) is 3.01. The Morgan fingerprint density at radius 2 is 1.94 bits per heavy atom. The van der Waals surface area contributed by atoms with Gasteiger partial charge in [-0.25, -0.2) is 0 Å². The van der Waals surface area contributed by atoms with Gasteiger partial charge < -0.3 is 0 Å². The van der Waals surface area contributed by atoms with Crippen LogP contribution in [0.25, 0.3) is 10.9 Å². The second-order valence-corrected chi connectivity index (χ2v) is 5.00. The number of hydrogen-bond acceptors (Lipinski definition) is 0. The minimum atomic E-state index is 1.17. The fourth-order valence-corrected chi connectivity index (χ4v) is 2.69. The highest BCUT2D eigenvalue weighted by Crippen LogP contribution is 2.23. The van der Waals surface area contributed by atoms with Crippen molar-refractivity contribution in [2.24, 2.45) is 0 Å². The van der Waals surface area contributed by atoms with Crippen molar-refractivity contribution in [3.05, 3.63) is 36.0 Å². The van der Waals surface area contributed by atoms with E-state index in [2.05, 4.69) is 57.0 Å². The van der Waals surface area contributed by atoms with Gasteiger partial charge in [0.15, 0.2) is 0 Å². The van der Waals surface area contributed by atoms with Gasteiger partial charge in [-0.15, -0.1) is 0 Å². The van der Waals surface area contributed by atoms with E-state index in [0.717, 1.165) is 0 Å². The normalized spacial score (nSPS) is 11.1. The van der Waals surface area contributed by atoms with Crippen molar-refractivity contribution in [3.8, 4) is 0 Å². The summed E-state index contributed by atoms with van der Waals surface area (Å²) < 4.78 is 2.15. The molecule has 0 radical (unpaired) electrons. The number of aromatic nitrogens is 1. The lowest BCUT2D eigenvalue weighted by molar-refractivity contribution is 0.661. The molecule has 0 unspecified atom stereocenters. The molecule has 86 valence electrons. The molecule has 2 aromatic rings. The highest BCUT2D eigenvalue weighted by Gasteiger charge is 2.05. The van der Waals surface area contributed by atoms with Crippen LogP contribution >= 0.6 is 16.1 Å². The lowest BCUT2D eigenvalue weighted by atomic mass is 10.1. The first-order valence-electron chi connectivity index (χ1n) is 6.08. The Hall–Kier alpha value is -0.760. The van der Waals surface area contributed by atoms with Crippen LogP contribution in [0.15, 0.2) is 30.3 Å². The van der Waals surface area contributed by atoms with E-state index >= 15 is 0 Å². The largest absolute Gasteiger partial charge is 0.281 e. The molecule has 0 aliphatic rings. The fourth-order valence-electron chi connectivity index (χ4n) is 2.08. The maximum Gasteiger partial charge on any atom is 0.0594 e. The van der Waals surface area contributed by atoms with E-state index in [1.807, 2.05) is 0 Å². The Morgan fingerprint density at radius 1 is 1.12 bits per heavy atom. The summed E-state index contributed by atoms with van der Waals surface area (Å²) in [4.78, 5) is 0. The molecule has 0 atom stereocenters. The Morgan fingerprint density at radius 3 is 2.69 bits per heavy atom. The third-order valence-corrected chi connectivity index (χ3v) is 3.85. The zero-order valence-electron chi connectivity index (χ0n) is 9.75. The maximum absolute atomic E-state index is 3.64. The highest BCUT2D eigenvalue weighted by atomic mass is 79.9. The number of halogens is 1. The van der Waals surface area contributed by atoms with Gasteiger partial charge in [0, 0.05) is 11.1 Å². The Kier molecular flexibility index (Phi) is 4.05. The second kappa shape index (κ2) is 5.53. The lowest BCUT2D eigenvalue weighted by Gasteiger charge is -2.01. The van der Waals surface area contributed by atoms with Gasteiger partial charge in [-0.2, -0.15) is 0 Å². The van der Waals surface area contributed by atoms with E-state index < -0.39 is 0 Å². The van der Waals surface area contributed by atoms with Gasteiger partial charge in [0.25, 0.3) is 0 Å². The molecule has 1 heterocycles. The van der Waals surface area contributed by atoms with Crippen molar-refractivity contribution in [3.63, 3.8) is 0 Å². The first kappa shape index (κ1) is 11.7. The fraction of sp³-hybridized carbons (Fsp3) is 0.429. The smallest absolute Gasteiger partial charge is 0.0594 e. The van der Waals surface area contributed by atoms with Crippen LogP contribution < -0.4 is 0 Å². The van der Waals surface area contributed by atoms with E-state index in [4.69, 9.17) is 0 Å². The SMILES string of the molecule is CCCCCCc1cc2ccccc2n1Br. The molecule has 0 fully saturated rings. The predicted molar refractivity (Wildman–Crippen MR) is 74.1 cm³/mol. The number of fused-ring (bicyclic) bond motifs is 1. The molecule has 0 saturated carbocycles. The molecule has 0 aliphatic heterocycles. The van der Waals surface area contributed by atoms with Crippen LogP contribution in [0.1, 0.15) is 38.3 Å². The van der Waals surface area contributed by atoms with Gasteiger partial charge in [-0.3, -0.25) is 3.59 Å². The minimum absolute atomic E-state index is 1.17.